The lowest BCUT2D eigenvalue weighted by Gasteiger charge is -2.36. The molecule has 78 valence electrons. The molecule has 0 aromatic carbocycles. The first-order chi connectivity index (χ1) is 7.24. The van der Waals surface area contributed by atoms with Crippen LogP contribution in [0.2, 0.25) is 0 Å². The normalized spacial score (nSPS) is 29.8. The summed E-state index contributed by atoms with van der Waals surface area (Å²) in [5.41, 5.74) is 2.44. The zero-order chi connectivity index (χ0) is 10.4. The summed E-state index contributed by atoms with van der Waals surface area (Å²) >= 11 is 0. The van der Waals surface area contributed by atoms with Gasteiger partial charge in [-0.1, -0.05) is 0 Å². The molecule has 3 nitrogen and oxygen atoms in total. The lowest BCUT2D eigenvalue weighted by molar-refractivity contribution is -0.110. The molecule has 2 aliphatic heterocycles. The van der Waals surface area contributed by atoms with Crippen LogP contribution in [0.15, 0.2) is 35.6 Å². The van der Waals surface area contributed by atoms with Crippen molar-refractivity contribution in [1.29, 1.82) is 0 Å². The smallest absolute Gasteiger partial charge is 0.179 e. The Hall–Kier alpha value is -1.35. The fourth-order valence-electron chi connectivity index (χ4n) is 2.56. The van der Waals surface area contributed by atoms with Crippen LogP contribution in [0.25, 0.3) is 0 Å². The molecule has 0 N–H and O–H groups in total. The fraction of sp³-hybridized carbons (Fsp3) is 0.417. The zero-order valence-electron chi connectivity index (χ0n) is 8.81. The molecule has 0 spiro atoms. The summed E-state index contributed by atoms with van der Waals surface area (Å²) in [4.78, 5) is 16.0. The predicted molar refractivity (Wildman–Crippen MR) is 58.1 cm³/mol. The molecule has 3 aliphatic rings. The van der Waals surface area contributed by atoms with Crippen LogP contribution in [-0.2, 0) is 4.79 Å². The van der Waals surface area contributed by atoms with Gasteiger partial charge in [-0.05, 0) is 42.8 Å². The number of carbonyl (C=O) groups is 1. The first-order valence-electron chi connectivity index (χ1n) is 5.34. The van der Waals surface area contributed by atoms with Gasteiger partial charge in [-0.15, -0.1) is 0 Å². The van der Waals surface area contributed by atoms with Crippen molar-refractivity contribution in [1.82, 2.24) is 9.80 Å². The van der Waals surface area contributed by atoms with E-state index in [1.807, 2.05) is 6.08 Å². The Morgan fingerprint density at radius 3 is 3.13 bits per heavy atom. The fourth-order valence-corrected chi connectivity index (χ4v) is 2.56. The molecular weight excluding hydrogens is 188 g/mol. The molecule has 0 aromatic rings. The van der Waals surface area contributed by atoms with Gasteiger partial charge in [-0.25, -0.2) is 0 Å². The Kier molecular flexibility index (Phi) is 1.83. The molecule has 1 saturated heterocycles. The van der Waals surface area contributed by atoms with Crippen molar-refractivity contribution in [2.75, 3.05) is 20.3 Å². The number of hydrogen-bond donors (Lipinski definition) is 0. The van der Waals surface area contributed by atoms with Crippen LogP contribution in [0.5, 0.6) is 0 Å². The van der Waals surface area contributed by atoms with Gasteiger partial charge >= 0.3 is 0 Å². The Balaban J connectivity index is 1.95. The molecule has 0 saturated carbocycles. The summed E-state index contributed by atoms with van der Waals surface area (Å²) in [7, 11) is 2.13. The Morgan fingerprint density at radius 2 is 2.27 bits per heavy atom. The van der Waals surface area contributed by atoms with Gasteiger partial charge in [0.2, 0.25) is 0 Å². The van der Waals surface area contributed by atoms with Crippen LogP contribution >= 0.6 is 0 Å². The van der Waals surface area contributed by atoms with Crippen LogP contribution in [0, 0.1) is 0 Å². The molecule has 1 atom stereocenters. The van der Waals surface area contributed by atoms with Crippen molar-refractivity contribution in [3.8, 4) is 0 Å². The number of carbonyl (C=O) groups excluding carboxylic acids is 1. The highest BCUT2D eigenvalue weighted by Gasteiger charge is 2.33. The Labute approximate surface area is 89.3 Å². The van der Waals surface area contributed by atoms with Crippen molar-refractivity contribution in [2.24, 2.45) is 0 Å². The molecule has 3 heteroatoms. The summed E-state index contributed by atoms with van der Waals surface area (Å²) in [6, 6.07) is 0.435. The summed E-state index contributed by atoms with van der Waals surface area (Å²) in [6.07, 6.45) is 8.67. The molecule has 0 bridgehead atoms. The van der Waals surface area contributed by atoms with E-state index in [4.69, 9.17) is 0 Å². The predicted octanol–water partition coefficient (Wildman–Crippen LogP) is 0.913. The molecule has 1 fully saturated rings. The van der Waals surface area contributed by atoms with Crippen molar-refractivity contribution in [3.63, 3.8) is 0 Å². The Morgan fingerprint density at radius 1 is 1.40 bits per heavy atom. The summed E-state index contributed by atoms with van der Waals surface area (Å²) in [5.74, 6) is 0.128. The number of allylic oxidation sites excluding steroid dienone is 3. The number of fused-ring (bicyclic) bond motifs is 3. The van der Waals surface area contributed by atoms with Crippen LogP contribution in [0.1, 0.15) is 6.42 Å². The zero-order valence-corrected chi connectivity index (χ0v) is 8.81. The number of nitrogens with zero attached hydrogens (tertiary/aromatic N) is 2. The van der Waals surface area contributed by atoms with Crippen molar-refractivity contribution < 1.29 is 4.79 Å². The van der Waals surface area contributed by atoms with Gasteiger partial charge in [0.15, 0.2) is 5.78 Å². The van der Waals surface area contributed by atoms with E-state index in [-0.39, 0.29) is 5.78 Å². The highest BCUT2D eigenvalue weighted by Crippen LogP contribution is 2.34. The first-order valence-corrected chi connectivity index (χ1v) is 5.34. The Bertz CT molecular complexity index is 406. The van der Waals surface area contributed by atoms with E-state index in [9.17, 15) is 4.79 Å². The second-order valence-corrected chi connectivity index (χ2v) is 4.46. The monoisotopic (exact) mass is 202 g/mol. The van der Waals surface area contributed by atoms with Gasteiger partial charge < -0.3 is 4.90 Å². The van der Waals surface area contributed by atoms with E-state index >= 15 is 0 Å². The van der Waals surface area contributed by atoms with Crippen molar-refractivity contribution in [2.45, 2.75) is 12.5 Å². The van der Waals surface area contributed by atoms with Crippen LogP contribution in [0.3, 0.4) is 0 Å². The third-order valence-corrected chi connectivity index (χ3v) is 3.31. The lowest BCUT2D eigenvalue weighted by Crippen LogP contribution is -2.44. The van der Waals surface area contributed by atoms with Crippen LogP contribution in [0.4, 0.5) is 0 Å². The molecule has 2 heterocycles. The summed E-state index contributed by atoms with van der Waals surface area (Å²) in [5, 5.41) is 0. The molecule has 1 unspecified atom stereocenters. The van der Waals surface area contributed by atoms with Gasteiger partial charge in [0.05, 0.1) is 12.7 Å². The van der Waals surface area contributed by atoms with Gasteiger partial charge in [0, 0.05) is 12.7 Å². The minimum absolute atomic E-state index is 0.128. The van der Waals surface area contributed by atoms with E-state index < -0.39 is 0 Å². The molecular formula is C12H14N2O. The van der Waals surface area contributed by atoms with Crippen LogP contribution < -0.4 is 0 Å². The summed E-state index contributed by atoms with van der Waals surface area (Å²) < 4.78 is 0. The van der Waals surface area contributed by atoms with E-state index in [0.717, 1.165) is 19.6 Å². The van der Waals surface area contributed by atoms with Crippen molar-refractivity contribution in [3.05, 3.63) is 35.6 Å². The molecule has 0 radical (unpaired) electrons. The number of hydrogen-bond acceptors (Lipinski definition) is 3. The minimum Gasteiger partial charge on any atom is -0.357 e. The minimum atomic E-state index is 0.128. The van der Waals surface area contributed by atoms with Gasteiger partial charge in [-0.3, -0.25) is 9.69 Å². The van der Waals surface area contributed by atoms with E-state index in [0.29, 0.717) is 6.04 Å². The number of ketones is 1. The maximum Gasteiger partial charge on any atom is 0.179 e. The largest absolute Gasteiger partial charge is 0.357 e. The van der Waals surface area contributed by atoms with Gasteiger partial charge in [-0.2, -0.15) is 0 Å². The van der Waals surface area contributed by atoms with Gasteiger partial charge in [0.1, 0.15) is 0 Å². The molecule has 0 amide bonds. The quantitative estimate of drug-likeness (QED) is 0.583. The second kappa shape index (κ2) is 3.07. The maximum absolute atomic E-state index is 11.3. The SMILES string of the molecule is CN1CCC2C3=CC(=O)C=CC3=CN2C1. The van der Waals surface area contributed by atoms with Gasteiger partial charge in [0.25, 0.3) is 0 Å². The molecule has 15 heavy (non-hydrogen) atoms. The maximum atomic E-state index is 11.3. The second-order valence-electron chi connectivity index (χ2n) is 4.46. The average Bonchev–Trinajstić information content (AvgIpc) is 2.54. The van der Waals surface area contributed by atoms with E-state index in [1.165, 1.54) is 11.1 Å². The van der Waals surface area contributed by atoms with Crippen LogP contribution in [-0.4, -0.2) is 41.9 Å². The highest BCUT2D eigenvalue weighted by molar-refractivity contribution is 6.02. The third-order valence-electron chi connectivity index (χ3n) is 3.31. The number of rotatable bonds is 0. The highest BCUT2D eigenvalue weighted by atomic mass is 16.1. The molecule has 1 aliphatic carbocycles. The van der Waals surface area contributed by atoms with E-state index in [2.05, 4.69) is 23.0 Å². The van der Waals surface area contributed by atoms with E-state index in [1.54, 1.807) is 12.2 Å². The lowest BCUT2D eigenvalue weighted by atomic mass is 9.94. The summed E-state index contributed by atoms with van der Waals surface area (Å²) in [6.45, 7) is 2.07. The molecule has 0 aromatic heterocycles. The first kappa shape index (κ1) is 8.92. The average molecular weight is 202 g/mol. The third kappa shape index (κ3) is 1.35. The molecule has 3 rings (SSSR count). The standard InChI is InChI=1S/C12H14N2O/c1-13-5-4-12-11-6-10(15)3-2-9(11)7-14(12)8-13/h2-3,6-7,12H,4-5,8H2,1H3. The van der Waals surface area contributed by atoms with Crippen molar-refractivity contribution >= 4 is 5.78 Å². The topological polar surface area (TPSA) is 23.6 Å².